The number of hydrogen-bond donors (Lipinski definition) is 0. The predicted octanol–water partition coefficient (Wildman–Crippen LogP) is 29.1. The summed E-state index contributed by atoms with van der Waals surface area (Å²) in [7, 11) is 0. The first-order valence-corrected chi connectivity index (χ1v) is 43.0. The van der Waals surface area contributed by atoms with Crippen LogP contribution in [0.25, 0.3) is 220 Å². The zero-order valence-electron chi connectivity index (χ0n) is 68.4. The van der Waals surface area contributed by atoms with Crippen LogP contribution >= 0.6 is 0 Å². The van der Waals surface area contributed by atoms with E-state index in [-0.39, 0.29) is 11.3 Å². The molecule has 0 aliphatic heterocycles. The highest BCUT2D eigenvalue weighted by Crippen LogP contribution is 2.57. The van der Waals surface area contributed by atoms with Crippen LogP contribution in [0.3, 0.4) is 0 Å². The van der Waals surface area contributed by atoms with E-state index in [1.165, 1.54) is 208 Å². The Hall–Kier alpha value is -16.2. The van der Waals surface area contributed by atoms with E-state index in [1.54, 1.807) is 6.20 Å². The van der Waals surface area contributed by atoms with Gasteiger partial charge in [-0.15, -0.1) is 0 Å². The first-order chi connectivity index (χ1) is 61.7. The SMILES string of the molecule is CC1(C)c2cc(-c3cccnc3)ccc2-c2c1cc1c3c4c(ccc23)C=CC(c2cccnc2)C4=CC1.c1ccc(-n2c3ccccc3c3c4ccc5ccc(-c6ccc(-c7cn8ccccc8n7)cc6)c6ccc(cc32)c4c56)cc1.c1ccc(-n2c3ccccc3c3c4ccc5ccc(-c6ccc(-c7cn8cccnc8n7)cc6)c6ccc(cc32)c4c56)cc1. The van der Waals surface area contributed by atoms with Gasteiger partial charge in [-0.25, -0.2) is 15.0 Å². The summed E-state index contributed by atoms with van der Waals surface area (Å²) in [6.45, 7) is 4.76. The fourth-order valence-electron chi connectivity index (χ4n) is 21.5. The maximum Gasteiger partial charge on any atom is 0.234 e. The molecule has 1 atom stereocenters. The van der Waals surface area contributed by atoms with E-state index < -0.39 is 0 Å². The second kappa shape index (κ2) is 27.4. The Morgan fingerprint density at radius 1 is 0.344 bits per heavy atom. The molecule has 8 heterocycles. The molecule has 8 aromatic heterocycles. The molecular formula is C116H75N9. The molecule has 584 valence electrons. The molecule has 125 heavy (non-hydrogen) atoms. The topological polar surface area (TPSA) is 83.1 Å². The molecular weight excluding hydrogens is 1520 g/mol. The van der Waals surface area contributed by atoms with Gasteiger partial charge in [-0.05, 0) is 250 Å². The van der Waals surface area contributed by atoms with Crippen molar-refractivity contribution in [2.24, 2.45) is 0 Å². The van der Waals surface area contributed by atoms with Gasteiger partial charge in [0.2, 0.25) is 5.78 Å². The summed E-state index contributed by atoms with van der Waals surface area (Å²) in [5.41, 5.74) is 32.1. The minimum Gasteiger partial charge on any atom is -0.309 e. The molecule has 0 saturated carbocycles. The molecule has 9 nitrogen and oxygen atoms in total. The van der Waals surface area contributed by atoms with E-state index in [4.69, 9.17) is 9.97 Å². The lowest BCUT2D eigenvalue weighted by Gasteiger charge is -2.30. The number of benzene rings is 17. The van der Waals surface area contributed by atoms with Crippen LogP contribution in [-0.2, 0) is 11.8 Å². The van der Waals surface area contributed by atoms with Gasteiger partial charge in [0, 0.05) is 111 Å². The van der Waals surface area contributed by atoms with Gasteiger partial charge in [0.1, 0.15) is 5.65 Å². The summed E-state index contributed by atoms with van der Waals surface area (Å²) in [5.74, 6) is 0.957. The molecule has 0 spiro atoms. The second-order valence-corrected chi connectivity index (χ2v) is 34.2. The molecule has 0 radical (unpaired) electrons. The van der Waals surface area contributed by atoms with Crippen molar-refractivity contribution in [1.82, 2.24) is 42.9 Å². The van der Waals surface area contributed by atoms with Gasteiger partial charge >= 0.3 is 0 Å². The number of para-hydroxylation sites is 4. The average molecular weight is 1590 g/mol. The second-order valence-electron chi connectivity index (χ2n) is 34.2. The fraction of sp³-hybridized carbons (Fsp3) is 0.0431. The van der Waals surface area contributed by atoms with E-state index in [9.17, 15) is 0 Å². The van der Waals surface area contributed by atoms with Crippen LogP contribution in [0.4, 0.5) is 0 Å². The molecule has 3 aliphatic carbocycles. The monoisotopic (exact) mass is 1590 g/mol. The number of imidazole rings is 2. The molecule has 0 fully saturated rings. The van der Waals surface area contributed by atoms with Crippen LogP contribution in [0.5, 0.6) is 0 Å². The molecule has 0 bridgehead atoms. The Morgan fingerprint density at radius 3 is 1.50 bits per heavy atom. The maximum absolute atomic E-state index is 4.82. The summed E-state index contributed by atoms with van der Waals surface area (Å²) in [5, 5.41) is 23.6. The smallest absolute Gasteiger partial charge is 0.234 e. The number of rotatable bonds is 8. The molecule has 1 unspecified atom stereocenters. The van der Waals surface area contributed by atoms with Crippen molar-refractivity contribution in [3.8, 4) is 78.4 Å². The number of pyridine rings is 3. The van der Waals surface area contributed by atoms with Crippen molar-refractivity contribution >= 4 is 142 Å². The summed E-state index contributed by atoms with van der Waals surface area (Å²) >= 11 is 0. The van der Waals surface area contributed by atoms with Gasteiger partial charge in [0.05, 0.1) is 33.5 Å². The largest absolute Gasteiger partial charge is 0.309 e. The Balaban J connectivity index is 0.000000100. The third-order valence-electron chi connectivity index (χ3n) is 27.2. The van der Waals surface area contributed by atoms with Gasteiger partial charge in [-0.2, -0.15) is 0 Å². The summed E-state index contributed by atoms with van der Waals surface area (Å²) in [6.07, 6.45) is 25.7. The fourth-order valence-corrected chi connectivity index (χ4v) is 21.5. The molecule has 25 aromatic rings. The van der Waals surface area contributed by atoms with Gasteiger partial charge in [0.15, 0.2) is 0 Å². The van der Waals surface area contributed by atoms with Crippen LogP contribution in [0.1, 0.15) is 53.1 Å². The van der Waals surface area contributed by atoms with Crippen molar-refractivity contribution < 1.29 is 0 Å². The predicted molar refractivity (Wildman–Crippen MR) is 518 cm³/mol. The lowest BCUT2D eigenvalue weighted by molar-refractivity contribution is 0.660. The number of fused-ring (bicyclic) bond motifs is 14. The first kappa shape index (κ1) is 70.6. The standard InChI is InChI=1S/C41H25N3.C40H24N4.C35H26N2/c1-2-8-30(9-3-1)44-36-11-5-4-10-33(36)41-34-22-18-28-17-20-31(32-21-19-29(24-37(41)44)40(34)39(28)32)26-13-15-27(16-14-26)35-25-43-23-7-6-12-38(43)42-35;1-2-7-29(8-3-1)44-35-10-5-4-9-32(35)39-33-20-16-27-15-18-30(31-19-17-28(23-36(39)44)38(33)37(27)31)25-11-13-26(14-12-25)34-24-43-22-6-21-41-40(43)42-34;1-35(2)30-17-22(24-5-3-15-36-19-24)9-13-28(30)34-29-14-8-21-7-11-26(25-6-4-16-37-20-25)27-12-10-23(18-31(34)35)33(29)32(21)27/h1-25H;1-24H;3-9,11-20,26H,10H2,1-2H3. The zero-order chi connectivity index (χ0) is 82.3. The Morgan fingerprint density at radius 2 is 0.880 bits per heavy atom. The number of hydrogen-bond acceptors (Lipinski definition) is 5. The Kier molecular flexibility index (Phi) is 15.5. The molecule has 0 saturated heterocycles. The van der Waals surface area contributed by atoms with Crippen molar-refractivity contribution in [1.29, 1.82) is 0 Å². The lowest BCUT2D eigenvalue weighted by Crippen LogP contribution is -2.16. The normalized spacial score (nSPS) is 13.8. The van der Waals surface area contributed by atoms with E-state index in [0.717, 1.165) is 40.1 Å². The van der Waals surface area contributed by atoms with Crippen molar-refractivity contribution in [3.05, 3.63) is 429 Å². The third kappa shape index (κ3) is 10.8. The molecule has 28 rings (SSSR count). The highest BCUT2D eigenvalue weighted by atomic mass is 15.1. The quantitative estimate of drug-likeness (QED) is 0.142. The highest BCUT2D eigenvalue weighted by molar-refractivity contribution is 6.36. The third-order valence-corrected chi connectivity index (χ3v) is 27.2. The summed E-state index contributed by atoms with van der Waals surface area (Å²) in [6, 6.07) is 120. The molecule has 17 aromatic carbocycles. The number of aromatic nitrogens is 9. The van der Waals surface area contributed by atoms with Gasteiger partial charge in [-0.3, -0.25) is 14.4 Å². The van der Waals surface area contributed by atoms with E-state index in [0.29, 0.717) is 5.78 Å². The van der Waals surface area contributed by atoms with Crippen LogP contribution in [0.2, 0.25) is 0 Å². The minimum atomic E-state index is -0.0639. The molecule has 9 heteroatoms. The molecule has 3 aliphatic rings. The van der Waals surface area contributed by atoms with Gasteiger partial charge in [0.25, 0.3) is 0 Å². The van der Waals surface area contributed by atoms with Crippen LogP contribution < -0.4 is 0 Å². The minimum absolute atomic E-state index is 0.0639. The van der Waals surface area contributed by atoms with Gasteiger partial charge < -0.3 is 13.5 Å². The van der Waals surface area contributed by atoms with Crippen LogP contribution in [0.15, 0.2) is 396 Å². The highest BCUT2D eigenvalue weighted by Gasteiger charge is 2.39. The number of nitrogens with zero attached hydrogens (tertiary/aromatic N) is 9. The first-order valence-electron chi connectivity index (χ1n) is 43.0. The van der Waals surface area contributed by atoms with E-state index in [1.807, 2.05) is 84.2 Å². The van der Waals surface area contributed by atoms with Gasteiger partial charge in [-0.1, -0.05) is 275 Å². The summed E-state index contributed by atoms with van der Waals surface area (Å²) < 4.78 is 8.84. The van der Waals surface area contributed by atoms with Crippen molar-refractivity contribution in [2.75, 3.05) is 0 Å². The Bertz CT molecular complexity index is 8370. The van der Waals surface area contributed by atoms with Crippen LogP contribution in [-0.4, -0.2) is 42.9 Å². The zero-order valence-corrected chi connectivity index (χ0v) is 68.4. The Labute approximate surface area is 719 Å². The van der Waals surface area contributed by atoms with E-state index in [2.05, 4.69) is 358 Å². The van der Waals surface area contributed by atoms with Crippen LogP contribution in [0, 0.1) is 0 Å². The molecule has 0 amide bonds. The number of allylic oxidation sites excluding steroid dienone is 3. The maximum atomic E-state index is 4.82. The van der Waals surface area contributed by atoms with E-state index >= 15 is 0 Å². The van der Waals surface area contributed by atoms with Crippen molar-refractivity contribution in [2.45, 2.75) is 31.6 Å². The average Bonchev–Trinajstić information content (AvgIpc) is 1.68. The lowest BCUT2D eigenvalue weighted by atomic mass is 9.73. The molecule has 0 N–H and O–H groups in total. The summed E-state index contributed by atoms with van der Waals surface area (Å²) in [4.78, 5) is 22.7. The van der Waals surface area contributed by atoms with Crippen molar-refractivity contribution in [3.63, 3.8) is 0 Å².